The predicted molar refractivity (Wildman–Crippen MR) is 129 cm³/mol. The third-order valence-corrected chi connectivity index (χ3v) is 6.78. The Balaban J connectivity index is 1.52. The molecule has 1 aliphatic rings. The average Bonchev–Trinajstić information content (AvgIpc) is 2.87. The third kappa shape index (κ3) is 5.22. The van der Waals surface area contributed by atoms with Crippen molar-refractivity contribution in [2.24, 2.45) is 0 Å². The molecule has 1 saturated heterocycles. The molecular formula is C28H27F3N2O3. The molecule has 0 saturated carbocycles. The van der Waals surface area contributed by atoms with Gasteiger partial charge in [0, 0.05) is 44.5 Å². The van der Waals surface area contributed by atoms with Crippen LogP contribution in [0, 0.1) is 17.5 Å². The number of amides is 2. The minimum Gasteiger partial charge on any atom is -0.438 e. The standard InChI is InChI=1S/C28H27F3N2O3/c1-18(19-3-5-20(6-4-19)24-12-11-23(30)17-25(24)31)33-16-15-28(36-27(33)35,14-13-26(34)32-2)21-7-9-22(29)10-8-21/h3-12,17-18H,13-16H2,1-2H3,(H,32,34). The summed E-state index contributed by atoms with van der Waals surface area (Å²) in [4.78, 5) is 26.7. The molecule has 1 N–H and O–H groups in total. The zero-order valence-corrected chi connectivity index (χ0v) is 20.1. The SMILES string of the molecule is CNC(=O)CCC1(c2ccc(F)cc2)CCN(C(C)c2ccc(-c3ccc(F)cc3F)cc2)C(=O)O1. The van der Waals surface area contributed by atoms with Crippen molar-refractivity contribution in [2.45, 2.75) is 37.8 Å². The summed E-state index contributed by atoms with van der Waals surface area (Å²) in [6, 6.07) is 15.9. The van der Waals surface area contributed by atoms with Gasteiger partial charge in [0.25, 0.3) is 0 Å². The summed E-state index contributed by atoms with van der Waals surface area (Å²) in [5.41, 5.74) is 1.29. The molecule has 1 heterocycles. The molecule has 0 bridgehead atoms. The number of carbonyl (C=O) groups excluding carboxylic acids is 2. The minimum atomic E-state index is -1.04. The first-order valence-electron chi connectivity index (χ1n) is 11.7. The van der Waals surface area contributed by atoms with Gasteiger partial charge in [-0.15, -0.1) is 0 Å². The first-order valence-corrected chi connectivity index (χ1v) is 11.7. The number of nitrogens with one attached hydrogen (secondary N) is 1. The van der Waals surface area contributed by atoms with Crippen LogP contribution in [0.5, 0.6) is 0 Å². The molecule has 5 nitrogen and oxygen atoms in total. The van der Waals surface area contributed by atoms with Gasteiger partial charge in [0.2, 0.25) is 5.91 Å². The van der Waals surface area contributed by atoms with Gasteiger partial charge in [0.05, 0.1) is 6.04 Å². The number of cyclic esters (lactones) is 1. The summed E-state index contributed by atoms with van der Waals surface area (Å²) in [5, 5.41) is 2.57. The molecule has 3 aromatic rings. The molecule has 4 rings (SSSR count). The van der Waals surface area contributed by atoms with E-state index in [1.807, 2.05) is 6.92 Å². The Morgan fingerprint density at radius 1 is 1.03 bits per heavy atom. The van der Waals surface area contributed by atoms with Crippen LogP contribution in [0.2, 0.25) is 0 Å². The number of hydrogen-bond acceptors (Lipinski definition) is 3. The van der Waals surface area contributed by atoms with Crippen molar-refractivity contribution in [3.63, 3.8) is 0 Å². The zero-order chi connectivity index (χ0) is 25.9. The van der Waals surface area contributed by atoms with E-state index in [1.54, 1.807) is 48.3 Å². The van der Waals surface area contributed by atoms with Crippen molar-refractivity contribution in [1.29, 1.82) is 0 Å². The van der Waals surface area contributed by atoms with Crippen molar-refractivity contribution in [3.8, 4) is 11.1 Å². The predicted octanol–water partition coefficient (Wildman–Crippen LogP) is 6.10. The summed E-state index contributed by atoms with van der Waals surface area (Å²) in [7, 11) is 1.54. The fourth-order valence-corrected chi connectivity index (χ4v) is 4.58. The maximum Gasteiger partial charge on any atom is 0.411 e. The average molecular weight is 497 g/mol. The highest BCUT2D eigenvalue weighted by Gasteiger charge is 2.43. The van der Waals surface area contributed by atoms with Crippen LogP contribution >= 0.6 is 0 Å². The van der Waals surface area contributed by atoms with E-state index in [2.05, 4.69) is 5.32 Å². The second-order valence-electron chi connectivity index (χ2n) is 8.91. The number of nitrogens with zero attached hydrogens (tertiary/aromatic N) is 1. The molecule has 2 unspecified atom stereocenters. The van der Waals surface area contributed by atoms with Crippen LogP contribution < -0.4 is 5.32 Å². The molecule has 188 valence electrons. The third-order valence-electron chi connectivity index (χ3n) is 6.78. The molecule has 0 aliphatic carbocycles. The lowest BCUT2D eigenvalue weighted by atomic mass is 9.84. The Bertz CT molecular complexity index is 1250. The van der Waals surface area contributed by atoms with Gasteiger partial charge >= 0.3 is 6.09 Å². The normalized spacial score (nSPS) is 18.5. The molecular weight excluding hydrogens is 469 g/mol. The lowest BCUT2D eigenvalue weighted by Gasteiger charge is -2.43. The first-order chi connectivity index (χ1) is 17.2. The van der Waals surface area contributed by atoms with Gasteiger partial charge in [-0.25, -0.2) is 18.0 Å². The van der Waals surface area contributed by atoms with Gasteiger partial charge < -0.3 is 15.0 Å². The van der Waals surface area contributed by atoms with Crippen LogP contribution in [0.1, 0.15) is 43.4 Å². The van der Waals surface area contributed by atoms with Crippen LogP contribution in [-0.2, 0) is 15.1 Å². The molecule has 1 fully saturated rings. The lowest BCUT2D eigenvalue weighted by molar-refractivity contribution is -0.123. The summed E-state index contributed by atoms with van der Waals surface area (Å²) >= 11 is 0. The van der Waals surface area contributed by atoms with E-state index in [-0.39, 0.29) is 30.4 Å². The molecule has 0 radical (unpaired) electrons. The van der Waals surface area contributed by atoms with E-state index in [0.29, 0.717) is 24.1 Å². The zero-order valence-electron chi connectivity index (χ0n) is 20.1. The van der Waals surface area contributed by atoms with Gasteiger partial charge in [-0.1, -0.05) is 36.4 Å². The van der Waals surface area contributed by atoms with Crippen LogP contribution in [0.15, 0.2) is 66.7 Å². The highest BCUT2D eigenvalue weighted by molar-refractivity contribution is 5.76. The number of halogens is 3. The topological polar surface area (TPSA) is 58.6 Å². The number of carbonyl (C=O) groups is 2. The van der Waals surface area contributed by atoms with Crippen molar-refractivity contribution in [3.05, 3.63) is 95.3 Å². The highest BCUT2D eigenvalue weighted by Crippen LogP contribution is 2.40. The van der Waals surface area contributed by atoms with E-state index < -0.39 is 29.1 Å². The molecule has 0 aromatic heterocycles. The van der Waals surface area contributed by atoms with E-state index in [4.69, 9.17) is 4.74 Å². The Labute approximate surface area is 207 Å². The quantitative estimate of drug-likeness (QED) is 0.430. The van der Waals surface area contributed by atoms with Crippen molar-refractivity contribution in [1.82, 2.24) is 10.2 Å². The molecule has 2 atom stereocenters. The first kappa shape index (κ1) is 25.3. The smallest absolute Gasteiger partial charge is 0.411 e. The van der Waals surface area contributed by atoms with Crippen molar-refractivity contribution < 1.29 is 27.5 Å². The maximum atomic E-state index is 14.2. The van der Waals surface area contributed by atoms with Gasteiger partial charge in [0.15, 0.2) is 0 Å². The fraction of sp³-hybridized carbons (Fsp3) is 0.286. The van der Waals surface area contributed by atoms with Crippen LogP contribution in [0.4, 0.5) is 18.0 Å². The van der Waals surface area contributed by atoms with E-state index >= 15 is 0 Å². The number of hydrogen-bond donors (Lipinski definition) is 1. The molecule has 1 aliphatic heterocycles. The molecule has 36 heavy (non-hydrogen) atoms. The number of rotatable bonds is 7. The van der Waals surface area contributed by atoms with Crippen LogP contribution in [-0.4, -0.2) is 30.5 Å². The van der Waals surface area contributed by atoms with E-state index in [1.165, 1.54) is 24.3 Å². The van der Waals surface area contributed by atoms with Gasteiger partial charge in [-0.3, -0.25) is 4.79 Å². The minimum absolute atomic E-state index is 0.151. The van der Waals surface area contributed by atoms with E-state index in [0.717, 1.165) is 11.6 Å². The Morgan fingerprint density at radius 3 is 2.31 bits per heavy atom. The lowest BCUT2D eigenvalue weighted by Crippen LogP contribution is -2.49. The second-order valence-corrected chi connectivity index (χ2v) is 8.91. The number of ether oxygens (including phenoxy) is 1. The molecule has 2 amide bonds. The monoisotopic (exact) mass is 496 g/mol. The van der Waals surface area contributed by atoms with Crippen molar-refractivity contribution in [2.75, 3.05) is 13.6 Å². The summed E-state index contributed by atoms with van der Waals surface area (Å²) in [6.45, 7) is 2.23. The van der Waals surface area contributed by atoms with Crippen LogP contribution in [0.25, 0.3) is 11.1 Å². The summed E-state index contributed by atoms with van der Waals surface area (Å²) in [6.07, 6.45) is 0.302. The molecule has 0 spiro atoms. The second kappa shape index (κ2) is 10.4. The maximum absolute atomic E-state index is 14.2. The van der Waals surface area contributed by atoms with Gasteiger partial charge in [-0.05, 0) is 47.9 Å². The molecule has 3 aromatic carbocycles. The fourth-order valence-electron chi connectivity index (χ4n) is 4.58. The van der Waals surface area contributed by atoms with E-state index in [9.17, 15) is 22.8 Å². The summed E-state index contributed by atoms with van der Waals surface area (Å²) in [5.74, 6) is -1.87. The Kier molecular flexibility index (Phi) is 7.33. The van der Waals surface area contributed by atoms with Crippen LogP contribution in [0.3, 0.4) is 0 Å². The Morgan fingerprint density at radius 2 is 1.69 bits per heavy atom. The van der Waals surface area contributed by atoms with Gasteiger partial charge in [-0.2, -0.15) is 0 Å². The van der Waals surface area contributed by atoms with Gasteiger partial charge in [0.1, 0.15) is 23.1 Å². The largest absolute Gasteiger partial charge is 0.438 e. The Hall–Kier alpha value is -3.81. The highest BCUT2D eigenvalue weighted by atomic mass is 19.1. The summed E-state index contributed by atoms with van der Waals surface area (Å²) < 4.78 is 46.9. The molecule has 8 heteroatoms. The van der Waals surface area contributed by atoms with Crippen molar-refractivity contribution >= 4 is 12.0 Å². The number of benzene rings is 3.